The van der Waals surface area contributed by atoms with Crippen molar-refractivity contribution in [2.75, 3.05) is 18.6 Å². The molecule has 0 atom stereocenters. The van der Waals surface area contributed by atoms with Gasteiger partial charge in [0.2, 0.25) is 0 Å². The van der Waals surface area contributed by atoms with Crippen molar-refractivity contribution >= 4 is 27.5 Å². The number of nitrogens with zero attached hydrogens (tertiary/aromatic N) is 3. The first-order valence-electron chi connectivity index (χ1n) is 8.75. The van der Waals surface area contributed by atoms with Crippen LogP contribution in [-0.4, -0.2) is 29.2 Å². The summed E-state index contributed by atoms with van der Waals surface area (Å²) in [5, 5.41) is 0. The van der Waals surface area contributed by atoms with Crippen LogP contribution in [0, 0.1) is 0 Å². The quantitative estimate of drug-likeness (QED) is 0.562. The molecular weight excluding hydrogens is 422 g/mol. The molecule has 0 aliphatic rings. The van der Waals surface area contributed by atoms with Gasteiger partial charge in [0.15, 0.2) is 0 Å². The first-order chi connectivity index (χ1) is 13.6. The van der Waals surface area contributed by atoms with E-state index in [0.717, 1.165) is 15.9 Å². The van der Waals surface area contributed by atoms with E-state index >= 15 is 0 Å². The molecule has 1 aromatic carbocycles. The summed E-state index contributed by atoms with van der Waals surface area (Å²) in [5.41, 5.74) is 1.77. The second kappa shape index (κ2) is 9.43. The van der Waals surface area contributed by atoms with Crippen molar-refractivity contribution in [3.05, 3.63) is 93.1 Å². The van der Waals surface area contributed by atoms with Crippen LogP contribution < -0.4 is 10.5 Å². The monoisotopic (exact) mass is 441 g/mol. The molecule has 3 rings (SSSR count). The van der Waals surface area contributed by atoms with Gasteiger partial charge in [-0.1, -0.05) is 22.0 Å². The summed E-state index contributed by atoms with van der Waals surface area (Å²) in [5.74, 6) is -0.209. The van der Waals surface area contributed by atoms with E-state index in [1.165, 1.54) is 10.6 Å². The molecule has 0 N–H and O–H groups in total. The standard InChI is InChI=1S/C21H20BrN3O3/c1-28-13-12-24-14-16(5-10-20(24)26)21(27)25(15-18-4-2-3-11-23-18)19-8-6-17(22)7-9-19/h2-11,14H,12-13,15H2,1H3. The molecule has 0 aliphatic carbocycles. The number of anilines is 1. The lowest BCUT2D eigenvalue weighted by Crippen LogP contribution is -2.32. The van der Waals surface area contributed by atoms with Crippen molar-refractivity contribution < 1.29 is 9.53 Å². The zero-order valence-electron chi connectivity index (χ0n) is 15.4. The summed E-state index contributed by atoms with van der Waals surface area (Å²) in [6.45, 7) is 1.09. The minimum atomic E-state index is -0.209. The van der Waals surface area contributed by atoms with Gasteiger partial charge in [-0.15, -0.1) is 0 Å². The van der Waals surface area contributed by atoms with Gasteiger partial charge in [0.25, 0.3) is 11.5 Å². The van der Waals surface area contributed by atoms with Gasteiger partial charge < -0.3 is 14.2 Å². The van der Waals surface area contributed by atoms with E-state index < -0.39 is 0 Å². The fraction of sp³-hybridized carbons (Fsp3) is 0.190. The fourth-order valence-electron chi connectivity index (χ4n) is 2.73. The van der Waals surface area contributed by atoms with Gasteiger partial charge in [-0.3, -0.25) is 14.6 Å². The van der Waals surface area contributed by atoms with Crippen molar-refractivity contribution in [1.29, 1.82) is 0 Å². The van der Waals surface area contributed by atoms with Gasteiger partial charge in [0, 0.05) is 42.3 Å². The Balaban J connectivity index is 1.96. The van der Waals surface area contributed by atoms with E-state index in [1.54, 1.807) is 30.5 Å². The molecule has 0 saturated carbocycles. The largest absolute Gasteiger partial charge is 0.383 e. The SMILES string of the molecule is COCCn1cc(C(=O)N(Cc2ccccn2)c2ccc(Br)cc2)ccc1=O. The second-order valence-electron chi connectivity index (χ2n) is 6.13. The van der Waals surface area contributed by atoms with Gasteiger partial charge >= 0.3 is 0 Å². The maximum absolute atomic E-state index is 13.3. The summed E-state index contributed by atoms with van der Waals surface area (Å²) in [6.07, 6.45) is 3.28. The van der Waals surface area contributed by atoms with Gasteiger partial charge in [0.1, 0.15) is 0 Å². The van der Waals surface area contributed by atoms with Crippen LogP contribution in [-0.2, 0) is 17.8 Å². The number of hydrogen-bond acceptors (Lipinski definition) is 4. The first kappa shape index (κ1) is 20.0. The average Bonchev–Trinajstić information content (AvgIpc) is 2.72. The minimum absolute atomic E-state index is 0.173. The maximum Gasteiger partial charge on any atom is 0.260 e. The van der Waals surface area contributed by atoms with Crippen LogP contribution >= 0.6 is 15.9 Å². The summed E-state index contributed by atoms with van der Waals surface area (Å²) in [7, 11) is 1.57. The highest BCUT2D eigenvalue weighted by molar-refractivity contribution is 9.10. The number of halogens is 1. The number of hydrogen-bond donors (Lipinski definition) is 0. The van der Waals surface area contributed by atoms with Gasteiger partial charge in [-0.25, -0.2) is 0 Å². The molecule has 1 amide bonds. The Bertz CT molecular complexity index is 988. The number of benzene rings is 1. The summed E-state index contributed by atoms with van der Waals surface area (Å²) >= 11 is 3.42. The number of carbonyl (C=O) groups is 1. The lowest BCUT2D eigenvalue weighted by molar-refractivity contribution is 0.0983. The molecule has 144 valence electrons. The summed E-state index contributed by atoms with van der Waals surface area (Å²) in [6, 6.07) is 16.1. The van der Waals surface area contributed by atoms with Crippen molar-refractivity contribution in [1.82, 2.24) is 9.55 Å². The predicted octanol–water partition coefficient (Wildman–Crippen LogP) is 3.50. The van der Waals surface area contributed by atoms with Gasteiger partial charge in [-0.2, -0.15) is 0 Å². The number of methoxy groups -OCH3 is 1. The lowest BCUT2D eigenvalue weighted by atomic mass is 10.2. The molecule has 0 fully saturated rings. The van der Waals surface area contributed by atoms with E-state index in [2.05, 4.69) is 20.9 Å². The highest BCUT2D eigenvalue weighted by atomic mass is 79.9. The Hall–Kier alpha value is -2.77. The number of carbonyl (C=O) groups excluding carboxylic acids is 1. The van der Waals surface area contributed by atoms with Gasteiger partial charge in [0.05, 0.1) is 24.4 Å². The van der Waals surface area contributed by atoms with Crippen molar-refractivity contribution in [3.63, 3.8) is 0 Å². The second-order valence-corrected chi connectivity index (χ2v) is 7.05. The van der Waals surface area contributed by atoms with Crippen LogP contribution in [0.2, 0.25) is 0 Å². The minimum Gasteiger partial charge on any atom is -0.383 e. The summed E-state index contributed by atoms with van der Waals surface area (Å²) < 4.78 is 7.45. The van der Waals surface area contributed by atoms with Crippen LogP contribution in [0.1, 0.15) is 16.1 Å². The first-order valence-corrected chi connectivity index (χ1v) is 9.54. The Morgan fingerprint density at radius 1 is 1.14 bits per heavy atom. The van der Waals surface area contributed by atoms with E-state index in [0.29, 0.717) is 25.3 Å². The molecule has 6 nitrogen and oxygen atoms in total. The smallest absolute Gasteiger partial charge is 0.260 e. The van der Waals surface area contributed by atoms with E-state index in [4.69, 9.17) is 4.74 Å². The van der Waals surface area contributed by atoms with Crippen LogP contribution in [0.3, 0.4) is 0 Å². The Kier molecular flexibility index (Phi) is 6.73. The molecule has 0 saturated heterocycles. The average molecular weight is 442 g/mol. The highest BCUT2D eigenvalue weighted by Crippen LogP contribution is 2.22. The van der Waals surface area contributed by atoms with Crippen LogP contribution in [0.5, 0.6) is 0 Å². The van der Waals surface area contributed by atoms with E-state index in [1.807, 2.05) is 42.5 Å². The highest BCUT2D eigenvalue weighted by Gasteiger charge is 2.19. The third-order valence-electron chi connectivity index (χ3n) is 4.20. The fourth-order valence-corrected chi connectivity index (χ4v) is 3.00. The molecule has 0 aliphatic heterocycles. The zero-order chi connectivity index (χ0) is 19.9. The van der Waals surface area contributed by atoms with E-state index in [9.17, 15) is 9.59 Å². The Morgan fingerprint density at radius 3 is 2.61 bits per heavy atom. The number of amides is 1. The molecule has 2 aromatic heterocycles. The van der Waals surface area contributed by atoms with Crippen LogP contribution in [0.15, 0.2) is 76.3 Å². The molecule has 0 radical (unpaired) electrons. The maximum atomic E-state index is 13.3. The number of ether oxygens (including phenoxy) is 1. The van der Waals surface area contributed by atoms with Crippen LogP contribution in [0.4, 0.5) is 5.69 Å². The molecule has 3 aromatic rings. The Morgan fingerprint density at radius 2 is 1.93 bits per heavy atom. The molecule has 0 bridgehead atoms. The number of rotatable bonds is 7. The van der Waals surface area contributed by atoms with Crippen molar-refractivity contribution in [2.24, 2.45) is 0 Å². The van der Waals surface area contributed by atoms with Crippen LogP contribution in [0.25, 0.3) is 0 Å². The van der Waals surface area contributed by atoms with Gasteiger partial charge in [-0.05, 0) is 42.5 Å². The molecule has 0 spiro atoms. The van der Waals surface area contributed by atoms with E-state index in [-0.39, 0.29) is 11.5 Å². The third kappa shape index (κ3) is 4.94. The number of aromatic nitrogens is 2. The normalized spacial score (nSPS) is 10.6. The molecule has 0 unspecified atom stereocenters. The third-order valence-corrected chi connectivity index (χ3v) is 4.73. The zero-order valence-corrected chi connectivity index (χ0v) is 17.0. The topological polar surface area (TPSA) is 64.4 Å². The molecular formula is C21H20BrN3O3. The molecule has 2 heterocycles. The van der Waals surface area contributed by atoms with Crippen molar-refractivity contribution in [2.45, 2.75) is 13.1 Å². The number of pyridine rings is 2. The predicted molar refractivity (Wildman–Crippen MR) is 111 cm³/mol. The molecule has 7 heteroatoms. The molecule has 28 heavy (non-hydrogen) atoms. The summed E-state index contributed by atoms with van der Waals surface area (Å²) in [4.78, 5) is 31.3. The lowest BCUT2D eigenvalue weighted by Gasteiger charge is -2.23. The Labute approximate surface area is 171 Å². The van der Waals surface area contributed by atoms with Crippen molar-refractivity contribution in [3.8, 4) is 0 Å².